The highest BCUT2D eigenvalue weighted by Crippen LogP contribution is 2.37. The molecule has 0 amide bonds. The van der Waals surface area contributed by atoms with E-state index in [0.29, 0.717) is 6.20 Å². The summed E-state index contributed by atoms with van der Waals surface area (Å²) < 4.78 is 67.9. The second-order valence-corrected chi connectivity index (χ2v) is 3.58. The van der Waals surface area contributed by atoms with E-state index in [4.69, 9.17) is 5.26 Å². The van der Waals surface area contributed by atoms with Crippen LogP contribution in [-0.4, -0.2) is 18.1 Å². The zero-order valence-corrected chi connectivity index (χ0v) is 9.96. The molecule has 1 heterocycles. The molecule has 1 rings (SSSR count). The van der Waals surface area contributed by atoms with E-state index in [9.17, 15) is 26.7 Å². The average molecular weight is 294 g/mol. The number of halogens is 5. The van der Waals surface area contributed by atoms with Crippen LogP contribution in [0.2, 0.25) is 0 Å². The van der Waals surface area contributed by atoms with Gasteiger partial charge in [0, 0.05) is 6.20 Å². The molecule has 20 heavy (non-hydrogen) atoms. The molecule has 4 nitrogen and oxygen atoms in total. The fourth-order valence-corrected chi connectivity index (χ4v) is 1.53. The number of alkyl halides is 5. The maximum absolute atomic E-state index is 12.9. The summed E-state index contributed by atoms with van der Waals surface area (Å²) in [7, 11) is 0.947. The number of pyridine rings is 1. The molecule has 1 aromatic heterocycles. The predicted octanol–water partition coefficient (Wildman–Crippen LogP) is 2.63. The van der Waals surface area contributed by atoms with Crippen molar-refractivity contribution in [2.75, 3.05) is 7.11 Å². The van der Waals surface area contributed by atoms with Crippen LogP contribution in [0.5, 0.6) is 0 Å². The molecule has 1 aromatic rings. The Hall–Kier alpha value is -2.24. The molecule has 0 aliphatic rings. The molecule has 0 aliphatic carbocycles. The summed E-state index contributed by atoms with van der Waals surface area (Å²) in [5.41, 5.74) is -4.54. The van der Waals surface area contributed by atoms with Crippen LogP contribution in [0.4, 0.5) is 22.0 Å². The van der Waals surface area contributed by atoms with Gasteiger partial charge in [0.15, 0.2) is 5.69 Å². The Morgan fingerprint density at radius 3 is 2.50 bits per heavy atom. The Bertz CT molecular complexity index is 563. The maximum Gasteiger partial charge on any atom is 0.433 e. The number of ether oxygens (including phenoxy) is 1. The van der Waals surface area contributed by atoms with Gasteiger partial charge < -0.3 is 4.74 Å². The standard InChI is InChI=1S/C11H7F5N2O2/c1-20-7(19)2-6-5(3-17)4-18-9(11(14,15)16)8(6)10(12)13/h4,10H,2H2,1H3. The molecule has 0 saturated carbocycles. The minimum atomic E-state index is -5.12. The minimum Gasteiger partial charge on any atom is -0.469 e. The Balaban J connectivity index is 3.59. The number of rotatable bonds is 3. The smallest absolute Gasteiger partial charge is 0.433 e. The number of nitriles is 1. The van der Waals surface area contributed by atoms with Crippen molar-refractivity contribution in [3.05, 3.63) is 28.6 Å². The van der Waals surface area contributed by atoms with E-state index in [0.717, 1.165) is 7.11 Å². The quantitative estimate of drug-likeness (QED) is 0.635. The first-order valence-corrected chi connectivity index (χ1v) is 5.06. The van der Waals surface area contributed by atoms with Crippen molar-refractivity contribution in [1.29, 1.82) is 5.26 Å². The zero-order chi connectivity index (χ0) is 15.5. The monoisotopic (exact) mass is 294 g/mol. The summed E-state index contributed by atoms with van der Waals surface area (Å²) in [5, 5.41) is 8.74. The summed E-state index contributed by atoms with van der Waals surface area (Å²) in [6.07, 6.45) is -9.02. The van der Waals surface area contributed by atoms with Crippen LogP contribution in [-0.2, 0) is 22.1 Å². The van der Waals surface area contributed by atoms with Gasteiger partial charge in [0.2, 0.25) is 0 Å². The number of aromatic nitrogens is 1. The van der Waals surface area contributed by atoms with Gasteiger partial charge in [-0.2, -0.15) is 18.4 Å². The maximum atomic E-state index is 12.9. The molecule has 108 valence electrons. The number of carbonyl (C=O) groups is 1. The largest absolute Gasteiger partial charge is 0.469 e. The Morgan fingerprint density at radius 2 is 2.10 bits per heavy atom. The Morgan fingerprint density at radius 1 is 1.50 bits per heavy atom. The van der Waals surface area contributed by atoms with E-state index in [1.54, 1.807) is 0 Å². The second kappa shape index (κ2) is 5.81. The molecule has 0 bridgehead atoms. The fraction of sp³-hybridized carbons (Fsp3) is 0.364. The minimum absolute atomic E-state index is 0.507. The van der Waals surface area contributed by atoms with Gasteiger partial charge in [0.1, 0.15) is 6.07 Å². The van der Waals surface area contributed by atoms with E-state index in [-0.39, 0.29) is 0 Å². The van der Waals surface area contributed by atoms with Crippen LogP contribution in [0.1, 0.15) is 28.8 Å². The van der Waals surface area contributed by atoms with Crippen molar-refractivity contribution < 1.29 is 31.5 Å². The van der Waals surface area contributed by atoms with Gasteiger partial charge in [-0.05, 0) is 5.56 Å². The normalized spacial score (nSPS) is 11.3. The molecule has 0 atom stereocenters. The molecule has 0 N–H and O–H groups in total. The average Bonchev–Trinajstić information content (AvgIpc) is 2.36. The second-order valence-electron chi connectivity index (χ2n) is 3.58. The topological polar surface area (TPSA) is 63.0 Å². The predicted molar refractivity (Wildman–Crippen MR) is 54.6 cm³/mol. The van der Waals surface area contributed by atoms with Crippen LogP contribution in [0.15, 0.2) is 6.20 Å². The fourth-order valence-electron chi connectivity index (χ4n) is 1.53. The highest BCUT2D eigenvalue weighted by Gasteiger charge is 2.40. The van der Waals surface area contributed by atoms with Crippen LogP contribution in [0.3, 0.4) is 0 Å². The van der Waals surface area contributed by atoms with E-state index in [1.165, 1.54) is 6.07 Å². The molecule has 0 spiro atoms. The third kappa shape index (κ3) is 3.20. The highest BCUT2D eigenvalue weighted by molar-refractivity contribution is 5.74. The Kier molecular flexibility index (Phi) is 4.60. The molecular weight excluding hydrogens is 287 g/mol. The van der Waals surface area contributed by atoms with Gasteiger partial charge in [-0.3, -0.25) is 4.79 Å². The third-order valence-corrected chi connectivity index (χ3v) is 2.38. The van der Waals surface area contributed by atoms with Crippen molar-refractivity contribution in [3.8, 4) is 6.07 Å². The van der Waals surface area contributed by atoms with Gasteiger partial charge in [-0.25, -0.2) is 13.8 Å². The van der Waals surface area contributed by atoms with Crippen LogP contribution in [0, 0.1) is 11.3 Å². The van der Waals surface area contributed by atoms with Crippen molar-refractivity contribution in [3.63, 3.8) is 0 Å². The third-order valence-electron chi connectivity index (χ3n) is 2.38. The number of hydrogen-bond donors (Lipinski definition) is 0. The summed E-state index contributed by atoms with van der Waals surface area (Å²) in [5.74, 6) is -1.04. The summed E-state index contributed by atoms with van der Waals surface area (Å²) in [4.78, 5) is 14.0. The molecule has 9 heteroatoms. The first-order chi connectivity index (χ1) is 9.22. The van der Waals surface area contributed by atoms with E-state index < -0.39 is 47.4 Å². The van der Waals surface area contributed by atoms with Crippen molar-refractivity contribution >= 4 is 5.97 Å². The first-order valence-electron chi connectivity index (χ1n) is 5.06. The van der Waals surface area contributed by atoms with E-state index in [2.05, 4.69) is 9.72 Å². The van der Waals surface area contributed by atoms with E-state index >= 15 is 0 Å². The van der Waals surface area contributed by atoms with E-state index in [1.807, 2.05) is 0 Å². The molecule has 0 unspecified atom stereocenters. The van der Waals surface area contributed by atoms with Crippen LogP contribution in [0.25, 0.3) is 0 Å². The number of nitrogens with zero attached hydrogens (tertiary/aromatic N) is 2. The summed E-state index contributed by atoms with van der Waals surface area (Å²) in [6.45, 7) is 0. The van der Waals surface area contributed by atoms with Crippen LogP contribution < -0.4 is 0 Å². The van der Waals surface area contributed by atoms with Crippen molar-refractivity contribution in [1.82, 2.24) is 4.98 Å². The van der Waals surface area contributed by atoms with Gasteiger partial charge in [-0.15, -0.1) is 0 Å². The lowest BCUT2D eigenvalue weighted by Gasteiger charge is -2.16. The lowest BCUT2D eigenvalue weighted by Crippen LogP contribution is -2.18. The molecule has 0 aromatic carbocycles. The molecule has 0 aliphatic heterocycles. The number of esters is 1. The summed E-state index contributed by atoms with van der Waals surface area (Å²) >= 11 is 0. The number of methoxy groups -OCH3 is 1. The van der Waals surface area contributed by atoms with Gasteiger partial charge in [0.25, 0.3) is 6.43 Å². The van der Waals surface area contributed by atoms with Crippen molar-refractivity contribution in [2.45, 2.75) is 19.0 Å². The zero-order valence-electron chi connectivity index (χ0n) is 9.96. The SMILES string of the molecule is COC(=O)Cc1c(C#N)cnc(C(F)(F)F)c1C(F)F. The van der Waals surface area contributed by atoms with Gasteiger partial charge >= 0.3 is 12.1 Å². The molecule has 0 fully saturated rings. The molecule has 0 radical (unpaired) electrons. The number of carbonyl (C=O) groups excluding carboxylic acids is 1. The molecule has 0 saturated heterocycles. The summed E-state index contributed by atoms with van der Waals surface area (Å²) in [6, 6.07) is 1.43. The van der Waals surface area contributed by atoms with Crippen LogP contribution >= 0.6 is 0 Å². The molecular formula is C11H7F5N2O2. The van der Waals surface area contributed by atoms with Gasteiger partial charge in [-0.1, -0.05) is 0 Å². The Labute approximate surface area is 109 Å². The number of hydrogen-bond acceptors (Lipinski definition) is 4. The lowest BCUT2D eigenvalue weighted by atomic mass is 9.98. The first kappa shape index (κ1) is 15.8. The lowest BCUT2D eigenvalue weighted by molar-refractivity contribution is -0.144. The highest BCUT2D eigenvalue weighted by atomic mass is 19.4. The van der Waals surface area contributed by atoms with Gasteiger partial charge in [0.05, 0.1) is 24.7 Å². The van der Waals surface area contributed by atoms with Crippen molar-refractivity contribution in [2.24, 2.45) is 0 Å².